The summed E-state index contributed by atoms with van der Waals surface area (Å²) in [5.74, 6) is -0.650. The van der Waals surface area contributed by atoms with Crippen LogP contribution in [-0.4, -0.2) is 37.7 Å². The summed E-state index contributed by atoms with van der Waals surface area (Å²) in [4.78, 5) is 35.4. The predicted molar refractivity (Wildman–Crippen MR) is 118 cm³/mol. The van der Waals surface area contributed by atoms with Gasteiger partial charge in [-0.1, -0.05) is 39.8 Å². The van der Waals surface area contributed by atoms with Crippen molar-refractivity contribution < 1.29 is 28.6 Å². The molecule has 1 saturated carbocycles. The van der Waals surface area contributed by atoms with Crippen molar-refractivity contribution in [3.8, 4) is 0 Å². The lowest BCUT2D eigenvalue weighted by atomic mass is 9.48. The van der Waals surface area contributed by atoms with Gasteiger partial charge < -0.3 is 14.2 Å². The molecule has 4 atom stereocenters. The minimum Gasteiger partial charge on any atom is -0.466 e. The van der Waals surface area contributed by atoms with Gasteiger partial charge in [-0.3, -0.25) is 9.59 Å². The van der Waals surface area contributed by atoms with Gasteiger partial charge in [0.2, 0.25) is 0 Å². The maximum Gasteiger partial charge on any atom is 0.333 e. The Kier molecular flexibility index (Phi) is 8.12. The van der Waals surface area contributed by atoms with Crippen LogP contribution in [0.4, 0.5) is 0 Å². The van der Waals surface area contributed by atoms with E-state index in [0.29, 0.717) is 24.3 Å². The minimum absolute atomic E-state index is 0.0207. The molecule has 0 aliphatic heterocycles. The summed E-state index contributed by atoms with van der Waals surface area (Å²) in [5, 5.41) is 0. The molecule has 0 saturated heterocycles. The summed E-state index contributed by atoms with van der Waals surface area (Å²) in [7, 11) is 1.42. The Morgan fingerprint density at radius 2 is 1.84 bits per heavy atom. The van der Waals surface area contributed by atoms with Crippen molar-refractivity contribution in [2.45, 2.75) is 79.2 Å². The summed E-state index contributed by atoms with van der Waals surface area (Å²) >= 11 is 0. The Labute approximate surface area is 186 Å². The number of carbonyl (C=O) groups excluding carboxylic acids is 3. The lowest BCUT2D eigenvalue weighted by Crippen LogP contribution is -2.49. The fourth-order valence-electron chi connectivity index (χ4n) is 5.86. The van der Waals surface area contributed by atoms with Gasteiger partial charge >= 0.3 is 17.9 Å². The van der Waals surface area contributed by atoms with Gasteiger partial charge in [0.25, 0.3) is 0 Å². The molecule has 0 N–H and O–H groups in total. The molecule has 0 heterocycles. The average Bonchev–Trinajstić information content (AvgIpc) is 2.67. The van der Waals surface area contributed by atoms with Crippen LogP contribution < -0.4 is 0 Å². The van der Waals surface area contributed by atoms with Crippen LogP contribution >= 0.6 is 0 Å². The lowest BCUT2D eigenvalue weighted by molar-refractivity contribution is -0.154. The molecule has 2 aliphatic rings. The number of allylic oxidation sites excluding steroid dienone is 1. The number of ether oxygens (including phenoxy) is 3. The zero-order chi connectivity index (χ0) is 23.4. The van der Waals surface area contributed by atoms with Crippen molar-refractivity contribution >= 4 is 17.9 Å². The van der Waals surface area contributed by atoms with Gasteiger partial charge in [-0.05, 0) is 60.3 Å². The first-order valence-electron chi connectivity index (χ1n) is 11.2. The first-order valence-corrected chi connectivity index (χ1v) is 11.2. The molecular formula is C25H38O6. The first-order chi connectivity index (χ1) is 14.4. The zero-order valence-corrected chi connectivity index (χ0v) is 19.9. The van der Waals surface area contributed by atoms with Crippen molar-refractivity contribution in [1.29, 1.82) is 0 Å². The quantitative estimate of drug-likeness (QED) is 0.311. The Morgan fingerprint density at radius 1 is 1.16 bits per heavy atom. The Hall–Kier alpha value is -2.11. The molecule has 0 radical (unpaired) electrons. The lowest BCUT2D eigenvalue weighted by Gasteiger charge is -2.56. The van der Waals surface area contributed by atoms with Crippen LogP contribution in [0.5, 0.6) is 0 Å². The van der Waals surface area contributed by atoms with Crippen LogP contribution in [0.3, 0.4) is 0 Å². The van der Waals surface area contributed by atoms with E-state index in [9.17, 15) is 14.4 Å². The molecule has 174 valence electrons. The fraction of sp³-hybridized carbons (Fsp3) is 0.720. The Balaban J connectivity index is 2.25. The van der Waals surface area contributed by atoms with Crippen LogP contribution in [0.25, 0.3) is 0 Å². The monoisotopic (exact) mass is 434 g/mol. The zero-order valence-electron chi connectivity index (χ0n) is 19.9. The largest absolute Gasteiger partial charge is 0.466 e. The number of fused-ring (bicyclic) bond motifs is 1. The maximum absolute atomic E-state index is 12.6. The van der Waals surface area contributed by atoms with E-state index in [4.69, 9.17) is 14.2 Å². The SMILES string of the molecule is C=C(CC[C@H]1C(C(=O)OC)=CC[C@H]2C(C)(C)CCC[C@]12C)[C@@H](COC(C)=O)OC(C)=O. The highest BCUT2D eigenvalue weighted by atomic mass is 16.6. The molecule has 31 heavy (non-hydrogen) atoms. The van der Waals surface area contributed by atoms with Crippen LogP contribution in [0.2, 0.25) is 0 Å². The van der Waals surface area contributed by atoms with E-state index in [0.717, 1.165) is 24.8 Å². The van der Waals surface area contributed by atoms with Gasteiger partial charge in [-0.25, -0.2) is 4.79 Å². The van der Waals surface area contributed by atoms with Crippen LogP contribution in [0, 0.1) is 22.7 Å². The molecule has 2 aliphatic carbocycles. The van der Waals surface area contributed by atoms with E-state index < -0.39 is 18.0 Å². The summed E-state index contributed by atoms with van der Waals surface area (Å²) in [6.45, 7) is 13.7. The third kappa shape index (κ3) is 5.78. The second-order valence-corrected chi connectivity index (χ2v) is 9.94. The third-order valence-corrected chi connectivity index (χ3v) is 7.40. The second kappa shape index (κ2) is 10.0. The van der Waals surface area contributed by atoms with Gasteiger partial charge in [0.1, 0.15) is 6.61 Å². The van der Waals surface area contributed by atoms with Crippen molar-refractivity contribution in [1.82, 2.24) is 0 Å². The summed E-state index contributed by atoms with van der Waals surface area (Å²) < 4.78 is 15.5. The van der Waals surface area contributed by atoms with Crippen LogP contribution in [0.15, 0.2) is 23.8 Å². The standard InChI is InChI=1S/C25H38O6/c1-16(21(31-18(3)27)15-30-17(2)26)9-11-20-19(23(28)29-7)10-12-22-24(4,5)13-8-14-25(20,22)6/h10,20-22H,1,8-9,11-15H2,2-7H3/t20-,21+,22-,25+/m0/s1. The number of esters is 3. The normalized spacial score (nSPS) is 27.9. The highest BCUT2D eigenvalue weighted by Crippen LogP contribution is 2.60. The highest BCUT2D eigenvalue weighted by Gasteiger charge is 2.53. The molecule has 2 rings (SSSR count). The van der Waals surface area contributed by atoms with Crippen molar-refractivity contribution in [2.75, 3.05) is 13.7 Å². The third-order valence-electron chi connectivity index (χ3n) is 7.40. The highest BCUT2D eigenvalue weighted by molar-refractivity contribution is 5.89. The molecule has 0 amide bonds. The summed E-state index contributed by atoms with van der Waals surface area (Å²) in [6.07, 6.45) is 6.89. The van der Waals surface area contributed by atoms with Crippen molar-refractivity contribution in [2.24, 2.45) is 22.7 Å². The molecule has 0 unspecified atom stereocenters. The number of rotatable bonds is 8. The number of methoxy groups -OCH3 is 1. The molecular weight excluding hydrogens is 396 g/mol. The average molecular weight is 435 g/mol. The van der Waals surface area contributed by atoms with E-state index in [2.05, 4.69) is 33.4 Å². The van der Waals surface area contributed by atoms with E-state index >= 15 is 0 Å². The minimum atomic E-state index is -0.693. The summed E-state index contributed by atoms with van der Waals surface area (Å²) in [6, 6.07) is 0. The molecule has 0 aromatic heterocycles. The molecule has 0 bridgehead atoms. The summed E-state index contributed by atoms with van der Waals surface area (Å²) in [5.41, 5.74) is 1.61. The maximum atomic E-state index is 12.6. The van der Waals surface area contributed by atoms with E-state index in [1.54, 1.807) is 0 Å². The van der Waals surface area contributed by atoms with Crippen molar-refractivity contribution in [3.05, 3.63) is 23.8 Å². The van der Waals surface area contributed by atoms with Crippen molar-refractivity contribution in [3.63, 3.8) is 0 Å². The number of carbonyl (C=O) groups is 3. The smallest absolute Gasteiger partial charge is 0.333 e. The van der Waals surface area contributed by atoms with E-state index in [1.807, 2.05) is 0 Å². The number of hydrogen-bond donors (Lipinski definition) is 0. The predicted octanol–water partition coefficient (Wildman–Crippen LogP) is 4.77. The molecule has 6 heteroatoms. The van der Waals surface area contributed by atoms with Gasteiger partial charge in [-0.2, -0.15) is 0 Å². The van der Waals surface area contributed by atoms with E-state index in [-0.39, 0.29) is 29.3 Å². The Bertz CT molecular complexity index is 749. The van der Waals surface area contributed by atoms with Gasteiger partial charge in [0.15, 0.2) is 6.10 Å². The molecule has 1 fully saturated rings. The number of hydrogen-bond acceptors (Lipinski definition) is 6. The van der Waals surface area contributed by atoms with E-state index in [1.165, 1.54) is 27.4 Å². The molecule has 0 aromatic rings. The topological polar surface area (TPSA) is 78.9 Å². The van der Waals surface area contributed by atoms with Crippen LogP contribution in [0.1, 0.15) is 73.1 Å². The van der Waals surface area contributed by atoms with Gasteiger partial charge in [0.05, 0.1) is 7.11 Å². The van der Waals surface area contributed by atoms with Crippen LogP contribution in [-0.2, 0) is 28.6 Å². The second-order valence-electron chi connectivity index (χ2n) is 9.94. The molecule has 0 spiro atoms. The first kappa shape index (κ1) is 25.2. The molecule has 6 nitrogen and oxygen atoms in total. The fourth-order valence-corrected chi connectivity index (χ4v) is 5.86. The van der Waals surface area contributed by atoms with Gasteiger partial charge in [-0.15, -0.1) is 0 Å². The Morgan fingerprint density at radius 3 is 2.42 bits per heavy atom. The van der Waals surface area contributed by atoms with Gasteiger partial charge in [0, 0.05) is 19.4 Å². The molecule has 0 aromatic carbocycles.